The molecule has 0 saturated carbocycles. The maximum atomic E-state index is 4.84. The Morgan fingerprint density at radius 1 is 0.719 bits per heavy atom. The molecule has 5 nitrogen and oxygen atoms in total. The zero-order chi connectivity index (χ0) is 22.5. The third-order valence-electron chi connectivity index (χ3n) is 5.56. The van der Waals surface area contributed by atoms with Crippen LogP contribution in [0.25, 0.3) is 20.1 Å². The number of fused-ring (bicyclic) bond motifs is 1. The molecule has 7 heteroatoms. The summed E-state index contributed by atoms with van der Waals surface area (Å²) in [5.41, 5.74) is 4.49. The monoisotopic (exact) mass is 463 g/mol. The fourth-order valence-corrected chi connectivity index (χ4v) is 5.76. The van der Waals surface area contributed by atoms with Gasteiger partial charge in [0.2, 0.25) is 0 Å². The lowest BCUT2D eigenvalue weighted by molar-refractivity contribution is 0.866. The van der Waals surface area contributed by atoms with Crippen LogP contribution in [-0.4, -0.2) is 31.2 Å². The van der Waals surface area contributed by atoms with Crippen LogP contribution in [0.5, 0.6) is 0 Å². The lowest BCUT2D eigenvalue weighted by atomic mass is 10.2. The second kappa shape index (κ2) is 10.2. The first-order valence-electron chi connectivity index (χ1n) is 11.2. The van der Waals surface area contributed by atoms with Gasteiger partial charge in [0.1, 0.15) is 14.8 Å². The minimum Gasteiger partial charge on any atom is -0.372 e. The van der Waals surface area contributed by atoms with E-state index in [9.17, 15) is 0 Å². The summed E-state index contributed by atoms with van der Waals surface area (Å²) in [6.07, 6.45) is 0. The van der Waals surface area contributed by atoms with Crippen LogP contribution in [0.1, 0.15) is 27.7 Å². The van der Waals surface area contributed by atoms with Gasteiger partial charge in [-0.25, -0.2) is 4.98 Å². The SMILES string of the molecule is CCN(CC)c1ccc(N=Nc2cc3sc(-c4ccc(N(CC)CC)cc4)nc3s2)cc1. The van der Waals surface area contributed by atoms with Crippen molar-refractivity contribution in [2.75, 3.05) is 36.0 Å². The first-order valence-corrected chi connectivity index (χ1v) is 12.8. The van der Waals surface area contributed by atoms with Crippen LogP contribution < -0.4 is 9.80 Å². The van der Waals surface area contributed by atoms with Crippen molar-refractivity contribution in [1.29, 1.82) is 0 Å². The molecular formula is C25H29N5S2. The third kappa shape index (κ3) is 4.84. The zero-order valence-corrected chi connectivity index (χ0v) is 20.7. The number of benzene rings is 2. The van der Waals surface area contributed by atoms with Gasteiger partial charge >= 0.3 is 0 Å². The average molecular weight is 464 g/mol. The van der Waals surface area contributed by atoms with Crippen molar-refractivity contribution in [3.05, 3.63) is 54.6 Å². The molecule has 0 amide bonds. The van der Waals surface area contributed by atoms with E-state index >= 15 is 0 Å². The van der Waals surface area contributed by atoms with Crippen LogP contribution in [0.2, 0.25) is 0 Å². The Bertz CT molecular complexity index is 1140. The van der Waals surface area contributed by atoms with Gasteiger partial charge in [-0.2, -0.15) is 0 Å². The van der Waals surface area contributed by atoms with Gasteiger partial charge in [0.15, 0.2) is 0 Å². The molecule has 0 saturated heterocycles. The fourth-order valence-electron chi connectivity index (χ4n) is 3.73. The van der Waals surface area contributed by atoms with Crippen LogP contribution in [-0.2, 0) is 0 Å². The molecular weight excluding hydrogens is 434 g/mol. The molecule has 0 N–H and O–H groups in total. The van der Waals surface area contributed by atoms with Gasteiger partial charge < -0.3 is 9.80 Å². The maximum Gasteiger partial charge on any atom is 0.142 e. The van der Waals surface area contributed by atoms with Crippen molar-refractivity contribution >= 4 is 54.3 Å². The topological polar surface area (TPSA) is 44.1 Å². The number of thiophene rings is 1. The highest BCUT2D eigenvalue weighted by molar-refractivity contribution is 7.30. The van der Waals surface area contributed by atoms with Crippen molar-refractivity contribution in [2.24, 2.45) is 10.2 Å². The quantitative estimate of drug-likeness (QED) is 0.235. The Morgan fingerprint density at radius 3 is 1.81 bits per heavy atom. The molecule has 0 aliphatic rings. The normalized spacial score (nSPS) is 11.5. The summed E-state index contributed by atoms with van der Waals surface area (Å²) in [4.78, 5) is 10.5. The highest BCUT2D eigenvalue weighted by atomic mass is 32.1. The van der Waals surface area contributed by atoms with Crippen molar-refractivity contribution in [3.63, 3.8) is 0 Å². The Hall–Kier alpha value is -2.77. The summed E-state index contributed by atoms with van der Waals surface area (Å²) in [6.45, 7) is 12.7. The molecule has 32 heavy (non-hydrogen) atoms. The van der Waals surface area contributed by atoms with Gasteiger partial charge in [-0.15, -0.1) is 21.6 Å². The molecule has 0 fully saturated rings. The summed E-state index contributed by atoms with van der Waals surface area (Å²) in [6, 6.07) is 19.0. The minimum atomic E-state index is 0.861. The summed E-state index contributed by atoms with van der Waals surface area (Å²) in [5.74, 6) is 0. The number of thiazole rings is 1. The van der Waals surface area contributed by atoms with E-state index in [1.54, 1.807) is 22.7 Å². The van der Waals surface area contributed by atoms with Crippen LogP contribution in [0.3, 0.4) is 0 Å². The molecule has 2 aromatic carbocycles. The van der Waals surface area contributed by atoms with Crippen molar-refractivity contribution in [3.8, 4) is 10.6 Å². The van der Waals surface area contributed by atoms with E-state index in [4.69, 9.17) is 4.98 Å². The third-order valence-corrected chi connectivity index (χ3v) is 7.66. The van der Waals surface area contributed by atoms with Crippen LogP contribution in [0.15, 0.2) is 64.8 Å². The molecule has 0 bridgehead atoms. The van der Waals surface area contributed by atoms with Gasteiger partial charge in [0, 0.05) is 43.1 Å². The molecule has 0 spiro atoms. The first kappa shape index (κ1) is 22.4. The smallest absolute Gasteiger partial charge is 0.142 e. The van der Waals surface area contributed by atoms with Crippen LogP contribution >= 0.6 is 22.7 Å². The van der Waals surface area contributed by atoms with E-state index in [1.807, 2.05) is 12.1 Å². The van der Waals surface area contributed by atoms with Crippen molar-refractivity contribution in [2.45, 2.75) is 27.7 Å². The summed E-state index contributed by atoms with van der Waals surface area (Å²) >= 11 is 3.29. The Kier molecular flexibility index (Phi) is 7.17. The number of anilines is 2. The summed E-state index contributed by atoms with van der Waals surface area (Å²) < 4.78 is 1.16. The van der Waals surface area contributed by atoms with E-state index in [-0.39, 0.29) is 0 Å². The van der Waals surface area contributed by atoms with Crippen LogP contribution in [0, 0.1) is 0 Å². The van der Waals surface area contributed by atoms with Crippen molar-refractivity contribution < 1.29 is 0 Å². The molecule has 0 unspecified atom stereocenters. The summed E-state index contributed by atoms with van der Waals surface area (Å²) in [7, 11) is 0. The molecule has 4 aromatic rings. The van der Waals surface area contributed by atoms with Crippen molar-refractivity contribution in [1.82, 2.24) is 4.98 Å². The Labute approximate surface area is 198 Å². The highest BCUT2D eigenvalue weighted by Gasteiger charge is 2.11. The van der Waals surface area contributed by atoms with E-state index in [0.717, 1.165) is 57.0 Å². The Morgan fingerprint density at radius 2 is 1.28 bits per heavy atom. The molecule has 166 valence electrons. The molecule has 0 radical (unpaired) electrons. The number of azo groups is 1. The van der Waals surface area contributed by atoms with Gasteiger partial charge in [-0.1, -0.05) is 11.3 Å². The van der Waals surface area contributed by atoms with Gasteiger partial charge in [-0.3, -0.25) is 0 Å². The fraction of sp³-hybridized carbons (Fsp3) is 0.320. The largest absolute Gasteiger partial charge is 0.372 e. The molecule has 0 aliphatic heterocycles. The number of hydrogen-bond donors (Lipinski definition) is 0. The van der Waals surface area contributed by atoms with Crippen LogP contribution in [0.4, 0.5) is 22.1 Å². The second-order valence-electron chi connectivity index (χ2n) is 7.38. The maximum absolute atomic E-state index is 4.84. The number of nitrogens with zero attached hydrogens (tertiary/aromatic N) is 5. The molecule has 4 rings (SSSR count). The standard InChI is InChI=1S/C25H29N5S2/c1-5-29(6-2)20-13-9-18(10-14-20)24-26-25-22(31-24)17-23(32-25)28-27-19-11-15-21(16-12-19)30(7-3)8-4/h9-17H,5-8H2,1-4H3. The molecule has 2 aromatic heterocycles. The van der Waals surface area contributed by atoms with E-state index < -0.39 is 0 Å². The highest BCUT2D eigenvalue weighted by Crippen LogP contribution is 2.39. The van der Waals surface area contributed by atoms with E-state index in [0.29, 0.717) is 0 Å². The zero-order valence-electron chi connectivity index (χ0n) is 19.1. The number of hydrogen-bond acceptors (Lipinski definition) is 7. The molecule has 2 heterocycles. The average Bonchev–Trinajstić information content (AvgIpc) is 3.40. The second-order valence-corrected chi connectivity index (χ2v) is 9.42. The van der Waals surface area contributed by atoms with E-state index in [2.05, 4.69) is 90.2 Å². The molecule has 0 atom stereocenters. The lowest BCUT2D eigenvalue weighted by Gasteiger charge is -2.20. The number of rotatable bonds is 9. The minimum absolute atomic E-state index is 0.861. The first-order chi connectivity index (χ1) is 15.6. The van der Waals surface area contributed by atoms with E-state index in [1.165, 1.54) is 11.4 Å². The Balaban J connectivity index is 1.47. The predicted octanol–water partition coefficient (Wildman–Crippen LogP) is 8.13. The molecule has 0 aliphatic carbocycles. The summed E-state index contributed by atoms with van der Waals surface area (Å²) in [5, 5.41) is 10.8. The van der Waals surface area contributed by atoms with Gasteiger partial charge in [-0.05, 0) is 82.3 Å². The van der Waals surface area contributed by atoms with Gasteiger partial charge in [0.25, 0.3) is 0 Å². The predicted molar refractivity (Wildman–Crippen MR) is 141 cm³/mol. The number of aromatic nitrogens is 1. The lowest BCUT2D eigenvalue weighted by Crippen LogP contribution is -2.21. The van der Waals surface area contributed by atoms with Gasteiger partial charge in [0.05, 0.1) is 10.4 Å².